The van der Waals surface area contributed by atoms with Gasteiger partial charge in [-0.3, -0.25) is 9.59 Å². The van der Waals surface area contributed by atoms with Crippen LogP contribution >= 0.6 is 11.3 Å². The van der Waals surface area contributed by atoms with Gasteiger partial charge in [0, 0.05) is 13.3 Å². The monoisotopic (exact) mass is 302 g/mol. The molecule has 0 fully saturated rings. The van der Waals surface area contributed by atoms with E-state index < -0.39 is 0 Å². The number of hydrogen-bond acceptors (Lipinski definition) is 4. The summed E-state index contributed by atoms with van der Waals surface area (Å²) in [4.78, 5) is 28.1. The molecule has 2 rings (SSSR count). The molecule has 1 amide bonds. The quantitative estimate of drug-likeness (QED) is 0.859. The van der Waals surface area contributed by atoms with Gasteiger partial charge in [0.2, 0.25) is 5.91 Å². The summed E-state index contributed by atoms with van der Waals surface area (Å²) in [5, 5.41) is 3.25. The van der Waals surface area contributed by atoms with Crippen molar-refractivity contribution in [3.05, 3.63) is 46.0 Å². The zero-order chi connectivity index (χ0) is 15.4. The highest BCUT2D eigenvalue weighted by Gasteiger charge is 2.13. The van der Waals surface area contributed by atoms with Crippen molar-refractivity contribution in [2.75, 3.05) is 5.32 Å². The Bertz CT molecular complexity index is 659. The molecule has 0 bridgehead atoms. The van der Waals surface area contributed by atoms with E-state index in [0.29, 0.717) is 28.5 Å². The fourth-order valence-corrected chi connectivity index (χ4v) is 2.85. The van der Waals surface area contributed by atoms with Crippen molar-refractivity contribution in [3.8, 4) is 0 Å². The molecule has 0 saturated carbocycles. The maximum absolute atomic E-state index is 11.9. The molecule has 1 heterocycles. The second-order valence-electron chi connectivity index (χ2n) is 5.02. The zero-order valence-corrected chi connectivity index (χ0v) is 13.2. The van der Waals surface area contributed by atoms with Gasteiger partial charge in [-0.2, -0.15) is 0 Å². The van der Waals surface area contributed by atoms with Gasteiger partial charge in [0.25, 0.3) is 0 Å². The number of ketones is 1. The van der Waals surface area contributed by atoms with Crippen LogP contribution in [0.25, 0.3) is 0 Å². The molecule has 0 aliphatic rings. The highest BCUT2D eigenvalue weighted by atomic mass is 32.1. The summed E-state index contributed by atoms with van der Waals surface area (Å²) in [6.07, 6.45) is 1.09. The number of carbonyl (C=O) groups excluding carboxylic acids is 2. The summed E-state index contributed by atoms with van der Waals surface area (Å²) in [6.45, 7) is 5.31. The minimum atomic E-state index is -0.0839. The van der Waals surface area contributed by atoms with Crippen LogP contribution in [0.1, 0.15) is 39.8 Å². The normalized spacial score (nSPS) is 10.4. The van der Waals surface area contributed by atoms with E-state index >= 15 is 0 Å². The molecule has 21 heavy (non-hydrogen) atoms. The van der Waals surface area contributed by atoms with Crippen molar-refractivity contribution in [2.45, 2.75) is 33.6 Å². The van der Waals surface area contributed by atoms with E-state index in [1.165, 1.54) is 23.8 Å². The Morgan fingerprint density at radius 3 is 2.43 bits per heavy atom. The van der Waals surface area contributed by atoms with E-state index in [0.717, 1.165) is 5.56 Å². The van der Waals surface area contributed by atoms with Gasteiger partial charge in [0.1, 0.15) is 0 Å². The van der Waals surface area contributed by atoms with Crippen LogP contribution in [-0.2, 0) is 11.2 Å². The van der Waals surface area contributed by atoms with E-state index in [-0.39, 0.29) is 11.7 Å². The largest absolute Gasteiger partial charge is 0.302 e. The van der Waals surface area contributed by atoms with Gasteiger partial charge in [-0.15, -0.1) is 0 Å². The molecule has 1 aromatic carbocycles. The van der Waals surface area contributed by atoms with Crippen LogP contribution in [0, 0.1) is 13.8 Å². The van der Waals surface area contributed by atoms with Crippen LogP contribution in [0.4, 0.5) is 5.13 Å². The third-order valence-corrected chi connectivity index (χ3v) is 4.30. The van der Waals surface area contributed by atoms with Crippen molar-refractivity contribution in [3.63, 3.8) is 0 Å². The fourth-order valence-electron chi connectivity index (χ4n) is 1.97. The summed E-state index contributed by atoms with van der Waals surface area (Å²) < 4.78 is 0. The second kappa shape index (κ2) is 6.63. The first kappa shape index (κ1) is 15.4. The van der Waals surface area contributed by atoms with Gasteiger partial charge in [-0.25, -0.2) is 4.98 Å². The molecule has 110 valence electrons. The van der Waals surface area contributed by atoms with Gasteiger partial charge >= 0.3 is 0 Å². The molecule has 0 aliphatic heterocycles. The molecule has 0 saturated heterocycles. The number of Topliss-reactive ketones (excluding diaryl/α,β-unsaturated/α-hetero) is 1. The number of aromatic nitrogens is 1. The molecule has 5 heteroatoms. The second-order valence-corrected chi connectivity index (χ2v) is 6.02. The molecule has 0 spiro atoms. The lowest BCUT2D eigenvalue weighted by Crippen LogP contribution is -2.12. The first-order chi connectivity index (χ1) is 9.95. The summed E-state index contributed by atoms with van der Waals surface area (Å²) in [5.74, 6) is -0.107. The molecule has 0 radical (unpaired) electrons. The smallest absolute Gasteiger partial charge is 0.226 e. The van der Waals surface area contributed by atoms with Crippen LogP contribution in [0.2, 0.25) is 0 Å². The van der Waals surface area contributed by atoms with Crippen LogP contribution in [0.15, 0.2) is 24.3 Å². The van der Waals surface area contributed by atoms with Gasteiger partial charge < -0.3 is 5.32 Å². The van der Waals surface area contributed by atoms with Crippen LogP contribution in [0.5, 0.6) is 0 Å². The minimum absolute atomic E-state index is 0.0230. The van der Waals surface area contributed by atoms with Crippen molar-refractivity contribution in [2.24, 2.45) is 0 Å². The Balaban J connectivity index is 1.91. The number of hydrogen-bond donors (Lipinski definition) is 1. The average Bonchev–Trinajstić information content (AvgIpc) is 2.79. The maximum Gasteiger partial charge on any atom is 0.226 e. The molecular formula is C16H18N2O2S. The lowest BCUT2D eigenvalue weighted by Gasteiger charge is -2.02. The molecule has 0 aliphatic carbocycles. The molecule has 1 N–H and O–H groups in total. The molecule has 0 atom stereocenters. The van der Waals surface area contributed by atoms with Crippen LogP contribution in [-0.4, -0.2) is 16.7 Å². The maximum atomic E-state index is 11.9. The number of anilines is 1. The number of nitrogens with zero attached hydrogens (tertiary/aromatic N) is 1. The predicted molar refractivity (Wildman–Crippen MR) is 85.0 cm³/mol. The number of carbonyl (C=O) groups is 2. The Labute approximate surface area is 128 Å². The highest BCUT2D eigenvalue weighted by Crippen LogP contribution is 2.23. The predicted octanol–water partition coefficient (Wildman–Crippen LogP) is 3.53. The van der Waals surface area contributed by atoms with Crippen molar-refractivity contribution < 1.29 is 9.59 Å². The number of nitrogens with one attached hydrogen (secondary N) is 1. The van der Waals surface area contributed by atoms with Crippen LogP contribution < -0.4 is 5.32 Å². The third-order valence-electron chi connectivity index (χ3n) is 3.12. The van der Waals surface area contributed by atoms with E-state index in [2.05, 4.69) is 10.3 Å². The lowest BCUT2D eigenvalue weighted by atomic mass is 10.1. The minimum Gasteiger partial charge on any atom is -0.302 e. The zero-order valence-electron chi connectivity index (χ0n) is 12.4. The third kappa shape index (κ3) is 4.23. The SMILES string of the molecule is CC(=O)c1sc(NC(=O)CCc2ccc(C)cc2)nc1C. The van der Waals surface area contributed by atoms with E-state index in [4.69, 9.17) is 0 Å². The Kier molecular flexibility index (Phi) is 4.85. The molecular weight excluding hydrogens is 284 g/mol. The van der Waals surface area contributed by atoms with Crippen molar-refractivity contribution >= 4 is 28.2 Å². The van der Waals surface area contributed by atoms with Gasteiger partial charge in [0.05, 0.1) is 10.6 Å². The number of benzene rings is 1. The van der Waals surface area contributed by atoms with Crippen LogP contribution in [0.3, 0.4) is 0 Å². The van der Waals surface area contributed by atoms with Gasteiger partial charge in [-0.05, 0) is 25.8 Å². The molecule has 1 aromatic heterocycles. The van der Waals surface area contributed by atoms with E-state index in [9.17, 15) is 9.59 Å². The first-order valence-corrected chi connectivity index (χ1v) is 7.61. The number of aryl methyl sites for hydroxylation is 3. The summed E-state index contributed by atoms with van der Waals surface area (Å²) >= 11 is 1.23. The summed E-state index contributed by atoms with van der Waals surface area (Å²) in [5.41, 5.74) is 3.01. The Morgan fingerprint density at radius 2 is 1.86 bits per heavy atom. The van der Waals surface area contributed by atoms with E-state index in [1.807, 2.05) is 31.2 Å². The Morgan fingerprint density at radius 1 is 1.19 bits per heavy atom. The summed E-state index contributed by atoms with van der Waals surface area (Å²) in [6, 6.07) is 8.14. The van der Waals surface area contributed by atoms with Gasteiger partial charge in [0.15, 0.2) is 10.9 Å². The topological polar surface area (TPSA) is 59.1 Å². The van der Waals surface area contributed by atoms with Gasteiger partial charge in [-0.1, -0.05) is 41.2 Å². The van der Waals surface area contributed by atoms with Crippen molar-refractivity contribution in [1.29, 1.82) is 0 Å². The Hall–Kier alpha value is -2.01. The highest BCUT2D eigenvalue weighted by molar-refractivity contribution is 7.17. The van der Waals surface area contributed by atoms with Crippen molar-refractivity contribution in [1.82, 2.24) is 4.98 Å². The lowest BCUT2D eigenvalue weighted by molar-refractivity contribution is -0.116. The number of amides is 1. The molecule has 2 aromatic rings. The number of thiazole rings is 1. The summed E-state index contributed by atoms with van der Waals surface area (Å²) in [7, 11) is 0. The fraction of sp³-hybridized carbons (Fsp3) is 0.312. The molecule has 0 unspecified atom stereocenters. The first-order valence-electron chi connectivity index (χ1n) is 6.79. The van der Waals surface area contributed by atoms with E-state index in [1.54, 1.807) is 6.92 Å². The number of rotatable bonds is 5. The average molecular weight is 302 g/mol. The molecule has 4 nitrogen and oxygen atoms in total. The standard InChI is InChI=1S/C16H18N2O2S/c1-10-4-6-13(7-5-10)8-9-14(20)18-16-17-11(2)15(21-16)12(3)19/h4-7H,8-9H2,1-3H3,(H,17,18,20).